The molecular weight excluding hydrogens is 174 g/mol. The van der Waals surface area contributed by atoms with Crippen molar-refractivity contribution in [2.24, 2.45) is 5.92 Å². The van der Waals surface area contributed by atoms with Gasteiger partial charge in [-0.3, -0.25) is 0 Å². The van der Waals surface area contributed by atoms with Crippen LogP contribution in [0.1, 0.15) is 46.0 Å². The molecule has 1 aliphatic carbocycles. The fraction of sp³-hybridized carbons (Fsp3) is 1.00. The van der Waals surface area contributed by atoms with Crippen molar-refractivity contribution in [3.8, 4) is 0 Å². The molecule has 2 aliphatic rings. The summed E-state index contributed by atoms with van der Waals surface area (Å²) in [6.45, 7) is 6.61. The van der Waals surface area contributed by atoms with E-state index in [1.54, 1.807) is 0 Å². The average molecular weight is 197 g/mol. The molecule has 1 aliphatic heterocycles. The molecule has 1 spiro atoms. The Labute approximate surface area is 87.4 Å². The Morgan fingerprint density at radius 1 is 1.36 bits per heavy atom. The Balaban J connectivity index is 1.93. The molecule has 2 rings (SSSR count). The van der Waals surface area contributed by atoms with Crippen molar-refractivity contribution < 1.29 is 4.74 Å². The fourth-order valence-corrected chi connectivity index (χ4v) is 3.16. The third-order valence-corrected chi connectivity index (χ3v) is 3.80. The van der Waals surface area contributed by atoms with Gasteiger partial charge in [0.2, 0.25) is 0 Å². The van der Waals surface area contributed by atoms with E-state index in [1.165, 1.54) is 32.1 Å². The second-order valence-electron chi connectivity index (χ2n) is 5.13. The van der Waals surface area contributed by atoms with Gasteiger partial charge in [0.1, 0.15) is 0 Å². The normalized spacial score (nSPS) is 43.3. The Bertz CT molecular complexity index is 189. The fourth-order valence-electron chi connectivity index (χ4n) is 3.16. The third kappa shape index (κ3) is 2.12. The minimum absolute atomic E-state index is 0.254. The van der Waals surface area contributed by atoms with Gasteiger partial charge in [-0.1, -0.05) is 13.8 Å². The minimum atomic E-state index is 0.254. The molecule has 1 saturated heterocycles. The molecule has 0 amide bonds. The highest BCUT2D eigenvalue weighted by molar-refractivity contribution is 4.95. The lowest BCUT2D eigenvalue weighted by molar-refractivity contribution is -0.0853. The second kappa shape index (κ2) is 4.19. The SMILES string of the molecule is CCNC1CCOC2(CCC(C)C2)C1. The summed E-state index contributed by atoms with van der Waals surface area (Å²) in [6, 6.07) is 0.707. The van der Waals surface area contributed by atoms with E-state index in [0.717, 1.165) is 19.1 Å². The van der Waals surface area contributed by atoms with E-state index in [-0.39, 0.29) is 5.60 Å². The minimum Gasteiger partial charge on any atom is -0.375 e. The van der Waals surface area contributed by atoms with Crippen molar-refractivity contribution in [3.63, 3.8) is 0 Å². The van der Waals surface area contributed by atoms with E-state index in [9.17, 15) is 0 Å². The molecule has 3 unspecified atom stereocenters. The molecule has 1 heterocycles. The van der Waals surface area contributed by atoms with Gasteiger partial charge in [-0.05, 0) is 44.6 Å². The summed E-state index contributed by atoms with van der Waals surface area (Å²) in [4.78, 5) is 0. The summed E-state index contributed by atoms with van der Waals surface area (Å²) in [5, 5.41) is 3.57. The molecule has 2 nitrogen and oxygen atoms in total. The summed E-state index contributed by atoms with van der Waals surface area (Å²) >= 11 is 0. The van der Waals surface area contributed by atoms with Crippen LogP contribution in [0.3, 0.4) is 0 Å². The maximum Gasteiger partial charge on any atom is 0.0700 e. The molecule has 0 bridgehead atoms. The molecule has 0 aromatic rings. The molecule has 3 atom stereocenters. The van der Waals surface area contributed by atoms with Gasteiger partial charge < -0.3 is 10.1 Å². The van der Waals surface area contributed by atoms with E-state index < -0.39 is 0 Å². The molecule has 2 fully saturated rings. The Kier molecular flexibility index (Phi) is 3.13. The van der Waals surface area contributed by atoms with Crippen molar-refractivity contribution in [3.05, 3.63) is 0 Å². The van der Waals surface area contributed by atoms with Gasteiger partial charge in [0, 0.05) is 12.6 Å². The van der Waals surface area contributed by atoms with Gasteiger partial charge in [-0.25, -0.2) is 0 Å². The number of nitrogens with one attached hydrogen (secondary N) is 1. The van der Waals surface area contributed by atoms with Crippen molar-refractivity contribution in [2.75, 3.05) is 13.2 Å². The van der Waals surface area contributed by atoms with Gasteiger partial charge >= 0.3 is 0 Å². The Morgan fingerprint density at radius 2 is 2.21 bits per heavy atom. The average Bonchev–Trinajstić information content (AvgIpc) is 2.48. The van der Waals surface area contributed by atoms with Gasteiger partial charge in [-0.15, -0.1) is 0 Å². The van der Waals surface area contributed by atoms with E-state index in [1.807, 2.05) is 0 Å². The van der Waals surface area contributed by atoms with Crippen molar-refractivity contribution in [1.29, 1.82) is 0 Å². The molecule has 0 radical (unpaired) electrons. The van der Waals surface area contributed by atoms with Crippen LogP contribution in [0.4, 0.5) is 0 Å². The maximum atomic E-state index is 6.03. The number of hydrogen-bond acceptors (Lipinski definition) is 2. The highest BCUT2D eigenvalue weighted by Gasteiger charge is 2.42. The molecule has 0 aromatic heterocycles. The second-order valence-corrected chi connectivity index (χ2v) is 5.13. The predicted octanol–water partition coefficient (Wildman–Crippen LogP) is 2.33. The Hall–Kier alpha value is -0.0800. The van der Waals surface area contributed by atoms with Gasteiger partial charge in [0.25, 0.3) is 0 Å². The number of rotatable bonds is 2. The standard InChI is InChI=1S/C12H23NO/c1-3-13-11-5-7-14-12(9-11)6-4-10(2)8-12/h10-11,13H,3-9H2,1-2H3. The predicted molar refractivity (Wildman–Crippen MR) is 58.4 cm³/mol. The smallest absolute Gasteiger partial charge is 0.0700 e. The number of ether oxygens (including phenoxy) is 1. The lowest BCUT2D eigenvalue weighted by Gasteiger charge is -2.38. The van der Waals surface area contributed by atoms with E-state index in [4.69, 9.17) is 4.74 Å². The highest BCUT2D eigenvalue weighted by atomic mass is 16.5. The third-order valence-electron chi connectivity index (χ3n) is 3.80. The van der Waals surface area contributed by atoms with Crippen LogP contribution < -0.4 is 5.32 Å². The summed E-state index contributed by atoms with van der Waals surface area (Å²) in [5.74, 6) is 0.871. The van der Waals surface area contributed by atoms with Crippen LogP contribution in [0.15, 0.2) is 0 Å². The quantitative estimate of drug-likeness (QED) is 0.733. The monoisotopic (exact) mass is 197 g/mol. The first-order chi connectivity index (χ1) is 6.74. The van der Waals surface area contributed by atoms with Gasteiger partial charge in [0.15, 0.2) is 0 Å². The molecule has 82 valence electrons. The van der Waals surface area contributed by atoms with Crippen LogP contribution in [0.5, 0.6) is 0 Å². The first kappa shape index (κ1) is 10.4. The summed E-state index contributed by atoms with van der Waals surface area (Å²) in [5.41, 5.74) is 0.254. The van der Waals surface area contributed by atoms with E-state index in [2.05, 4.69) is 19.2 Å². The van der Waals surface area contributed by atoms with Crippen molar-refractivity contribution in [1.82, 2.24) is 5.32 Å². The molecule has 2 heteroatoms. The zero-order valence-electron chi connectivity index (χ0n) is 9.51. The molecular formula is C12H23NO. The van der Waals surface area contributed by atoms with Gasteiger partial charge in [-0.2, -0.15) is 0 Å². The molecule has 1 N–H and O–H groups in total. The largest absolute Gasteiger partial charge is 0.375 e. The van der Waals surface area contributed by atoms with Crippen molar-refractivity contribution in [2.45, 2.75) is 57.6 Å². The van der Waals surface area contributed by atoms with Crippen LogP contribution in [-0.2, 0) is 4.74 Å². The first-order valence-corrected chi connectivity index (χ1v) is 6.11. The van der Waals surface area contributed by atoms with Crippen molar-refractivity contribution >= 4 is 0 Å². The zero-order valence-corrected chi connectivity index (χ0v) is 9.51. The summed E-state index contributed by atoms with van der Waals surface area (Å²) in [7, 11) is 0. The summed E-state index contributed by atoms with van der Waals surface area (Å²) < 4.78 is 6.03. The molecule has 0 aromatic carbocycles. The van der Waals surface area contributed by atoms with Gasteiger partial charge in [0.05, 0.1) is 5.60 Å². The topological polar surface area (TPSA) is 21.3 Å². The molecule has 14 heavy (non-hydrogen) atoms. The van der Waals surface area contributed by atoms with Crippen LogP contribution in [0.25, 0.3) is 0 Å². The van der Waals surface area contributed by atoms with E-state index >= 15 is 0 Å². The summed E-state index contributed by atoms with van der Waals surface area (Å²) in [6.07, 6.45) is 6.37. The van der Waals surface area contributed by atoms with Crippen LogP contribution in [-0.4, -0.2) is 24.8 Å². The van der Waals surface area contributed by atoms with E-state index in [0.29, 0.717) is 6.04 Å². The lowest BCUT2D eigenvalue weighted by Crippen LogP contribution is -2.45. The van der Waals surface area contributed by atoms with Crippen LogP contribution in [0.2, 0.25) is 0 Å². The number of hydrogen-bond donors (Lipinski definition) is 1. The van der Waals surface area contributed by atoms with Crippen LogP contribution in [0, 0.1) is 5.92 Å². The lowest BCUT2D eigenvalue weighted by atomic mass is 9.88. The zero-order chi connectivity index (χ0) is 10.0. The molecule has 1 saturated carbocycles. The first-order valence-electron chi connectivity index (χ1n) is 6.11. The maximum absolute atomic E-state index is 6.03. The highest BCUT2D eigenvalue weighted by Crippen LogP contribution is 2.42. The van der Waals surface area contributed by atoms with Crippen LogP contribution >= 0.6 is 0 Å². The Morgan fingerprint density at radius 3 is 2.86 bits per heavy atom.